The number of hydrogen-bond donors (Lipinski definition) is 2. The largest absolute Gasteiger partial charge is 0.399 e. The van der Waals surface area contributed by atoms with Crippen molar-refractivity contribution in [3.63, 3.8) is 0 Å². The zero-order valence-electron chi connectivity index (χ0n) is 8.93. The van der Waals surface area contributed by atoms with Crippen LogP contribution in [0, 0.1) is 0 Å². The summed E-state index contributed by atoms with van der Waals surface area (Å²) in [7, 11) is 0. The van der Waals surface area contributed by atoms with Crippen LogP contribution in [0.1, 0.15) is 11.1 Å². The summed E-state index contributed by atoms with van der Waals surface area (Å²) in [6.07, 6.45) is 4.04. The molecule has 80 valence electrons. The van der Waals surface area contributed by atoms with Crippen molar-refractivity contribution in [2.24, 2.45) is 0 Å². The molecule has 2 heteroatoms. The molecule has 0 aliphatic heterocycles. The lowest BCUT2D eigenvalue weighted by atomic mass is 10.1. The van der Waals surface area contributed by atoms with E-state index < -0.39 is 0 Å². The lowest BCUT2D eigenvalue weighted by Crippen LogP contribution is -1.84. The Morgan fingerprint density at radius 3 is 1.50 bits per heavy atom. The lowest BCUT2D eigenvalue weighted by Gasteiger charge is -1.97. The minimum atomic E-state index is 0.773. The maximum absolute atomic E-state index is 5.70. The number of nitrogen functional groups attached to an aromatic ring is 2. The van der Waals surface area contributed by atoms with Crippen LogP contribution in [0.15, 0.2) is 48.5 Å². The molecule has 2 nitrogen and oxygen atoms in total. The minimum Gasteiger partial charge on any atom is -0.399 e. The molecule has 0 aliphatic carbocycles. The fourth-order valence-electron chi connectivity index (χ4n) is 1.52. The average molecular weight is 210 g/mol. The number of benzene rings is 2. The molecule has 2 aromatic rings. The van der Waals surface area contributed by atoms with Crippen LogP contribution in [0.3, 0.4) is 0 Å². The normalized spacial score (nSPS) is 10.8. The number of rotatable bonds is 2. The monoisotopic (exact) mass is 210 g/mol. The molecule has 0 bridgehead atoms. The highest BCUT2D eigenvalue weighted by molar-refractivity contribution is 5.72. The molecule has 0 unspecified atom stereocenters. The Balaban J connectivity index is 2.21. The van der Waals surface area contributed by atoms with Gasteiger partial charge in [0.25, 0.3) is 0 Å². The Kier molecular flexibility index (Phi) is 2.92. The molecule has 0 saturated heterocycles. The summed E-state index contributed by atoms with van der Waals surface area (Å²) in [6.45, 7) is 0. The van der Waals surface area contributed by atoms with Gasteiger partial charge >= 0.3 is 0 Å². The van der Waals surface area contributed by atoms with Crippen LogP contribution in [-0.2, 0) is 0 Å². The summed E-state index contributed by atoms with van der Waals surface area (Å²) < 4.78 is 0. The van der Waals surface area contributed by atoms with E-state index in [-0.39, 0.29) is 0 Å². The maximum atomic E-state index is 5.70. The molecule has 0 fully saturated rings. The van der Waals surface area contributed by atoms with Gasteiger partial charge in [-0.1, -0.05) is 36.4 Å². The van der Waals surface area contributed by atoms with Gasteiger partial charge in [0, 0.05) is 11.4 Å². The van der Waals surface area contributed by atoms with E-state index in [0.717, 1.165) is 22.5 Å². The molecular formula is C14H14N2. The van der Waals surface area contributed by atoms with E-state index in [1.54, 1.807) is 0 Å². The predicted octanol–water partition coefficient (Wildman–Crippen LogP) is 3.02. The van der Waals surface area contributed by atoms with Crippen molar-refractivity contribution in [1.29, 1.82) is 0 Å². The van der Waals surface area contributed by atoms with Gasteiger partial charge < -0.3 is 11.5 Å². The predicted molar refractivity (Wildman–Crippen MR) is 70.6 cm³/mol. The highest BCUT2D eigenvalue weighted by Crippen LogP contribution is 2.13. The van der Waals surface area contributed by atoms with Gasteiger partial charge in [0.15, 0.2) is 0 Å². The van der Waals surface area contributed by atoms with Crippen molar-refractivity contribution in [3.05, 3.63) is 59.7 Å². The first-order valence-corrected chi connectivity index (χ1v) is 5.13. The molecule has 0 saturated carbocycles. The fraction of sp³-hybridized carbons (Fsp3) is 0. The molecule has 2 rings (SSSR count). The third kappa shape index (κ3) is 2.64. The van der Waals surface area contributed by atoms with E-state index >= 15 is 0 Å². The molecule has 2 aromatic carbocycles. The summed E-state index contributed by atoms with van der Waals surface area (Å²) in [6, 6.07) is 15.5. The smallest absolute Gasteiger partial charge is 0.0319 e. The minimum absolute atomic E-state index is 0.773. The molecule has 0 amide bonds. The van der Waals surface area contributed by atoms with E-state index in [1.165, 1.54) is 0 Å². The van der Waals surface area contributed by atoms with Crippen molar-refractivity contribution in [1.82, 2.24) is 0 Å². The molecule has 16 heavy (non-hydrogen) atoms. The van der Waals surface area contributed by atoms with E-state index in [4.69, 9.17) is 11.5 Å². The van der Waals surface area contributed by atoms with Gasteiger partial charge in [-0.05, 0) is 35.4 Å². The third-order valence-corrected chi connectivity index (χ3v) is 2.29. The molecule has 0 heterocycles. The van der Waals surface area contributed by atoms with Crippen LogP contribution >= 0.6 is 0 Å². The molecule has 0 spiro atoms. The van der Waals surface area contributed by atoms with Gasteiger partial charge in [-0.2, -0.15) is 0 Å². The molecule has 0 radical (unpaired) electrons. The Hall–Kier alpha value is -2.22. The number of hydrogen-bond acceptors (Lipinski definition) is 2. The van der Waals surface area contributed by atoms with Crippen LogP contribution in [0.25, 0.3) is 12.2 Å². The summed E-state index contributed by atoms with van der Waals surface area (Å²) in [5.74, 6) is 0. The summed E-state index contributed by atoms with van der Waals surface area (Å²) in [4.78, 5) is 0. The van der Waals surface area contributed by atoms with Gasteiger partial charge in [0.1, 0.15) is 0 Å². The topological polar surface area (TPSA) is 52.0 Å². The zero-order chi connectivity index (χ0) is 11.4. The van der Waals surface area contributed by atoms with Crippen LogP contribution in [0.2, 0.25) is 0 Å². The quantitative estimate of drug-likeness (QED) is 0.591. The highest BCUT2D eigenvalue weighted by Gasteiger charge is 1.90. The molecule has 4 N–H and O–H groups in total. The standard InChI is InChI=1S/C14H14N2/c15-13-5-1-3-11(9-13)7-8-12-4-2-6-14(16)10-12/h1-10H,15-16H2. The summed E-state index contributed by atoms with van der Waals surface area (Å²) in [5, 5.41) is 0. The Bertz CT molecular complexity index is 468. The first-order valence-electron chi connectivity index (χ1n) is 5.13. The fourth-order valence-corrected chi connectivity index (χ4v) is 1.52. The van der Waals surface area contributed by atoms with Crippen molar-refractivity contribution in [3.8, 4) is 0 Å². The molecular weight excluding hydrogens is 196 g/mol. The van der Waals surface area contributed by atoms with Crippen molar-refractivity contribution in [2.45, 2.75) is 0 Å². The van der Waals surface area contributed by atoms with Crippen molar-refractivity contribution >= 4 is 23.5 Å². The molecule has 0 atom stereocenters. The van der Waals surface area contributed by atoms with Gasteiger partial charge in [-0.3, -0.25) is 0 Å². The SMILES string of the molecule is Nc1cccc(C=Cc2cccc(N)c2)c1. The number of nitrogens with two attached hydrogens (primary N) is 2. The first kappa shape index (κ1) is 10.3. The van der Waals surface area contributed by atoms with Crippen LogP contribution in [0.5, 0.6) is 0 Å². The van der Waals surface area contributed by atoms with Gasteiger partial charge in [0.05, 0.1) is 0 Å². The zero-order valence-corrected chi connectivity index (χ0v) is 8.93. The third-order valence-electron chi connectivity index (χ3n) is 2.29. The second-order valence-electron chi connectivity index (χ2n) is 3.67. The first-order chi connectivity index (χ1) is 7.74. The van der Waals surface area contributed by atoms with Gasteiger partial charge in [-0.25, -0.2) is 0 Å². The van der Waals surface area contributed by atoms with Gasteiger partial charge in [-0.15, -0.1) is 0 Å². The van der Waals surface area contributed by atoms with E-state index in [9.17, 15) is 0 Å². The second-order valence-corrected chi connectivity index (χ2v) is 3.67. The lowest BCUT2D eigenvalue weighted by molar-refractivity contribution is 1.63. The Labute approximate surface area is 95.2 Å². The summed E-state index contributed by atoms with van der Waals surface area (Å²) >= 11 is 0. The van der Waals surface area contributed by atoms with E-state index in [0.29, 0.717) is 0 Å². The Morgan fingerprint density at radius 2 is 1.12 bits per heavy atom. The average Bonchev–Trinajstić information content (AvgIpc) is 2.27. The number of anilines is 2. The van der Waals surface area contributed by atoms with Crippen LogP contribution in [0.4, 0.5) is 11.4 Å². The van der Waals surface area contributed by atoms with E-state index in [2.05, 4.69) is 0 Å². The molecule has 0 aliphatic rings. The second kappa shape index (κ2) is 4.53. The van der Waals surface area contributed by atoms with Crippen LogP contribution < -0.4 is 11.5 Å². The maximum Gasteiger partial charge on any atom is 0.0319 e. The Morgan fingerprint density at radius 1 is 0.688 bits per heavy atom. The van der Waals surface area contributed by atoms with Crippen LogP contribution in [-0.4, -0.2) is 0 Å². The van der Waals surface area contributed by atoms with Crippen molar-refractivity contribution in [2.75, 3.05) is 11.5 Å². The highest BCUT2D eigenvalue weighted by atomic mass is 14.5. The van der Waals surface area contributed by atoms with Crippen molar-refractivity contribution < 1.29 is 0 Å². The van der Waals surface area contributed by atoms with Gasteiger partial charge in [0.2, 0.25) is 0 Å². The summed E-state index contributed by atoms with van der Waals surface area (Å²) in [5.41, 5.74) is 15.1. The van der Waals surface area contributed by atoms with E-state index in [1.807, 2.05) is 60.7 Å². The molecule has 0 aromatic heterocycles.